The monoisotopic (exact) mass is 507 g/mol. The third kappa shape index (κ3) is 8.21. The third-order valence-corrected chi connectivity index (χ3v) is 4.33. The van der Waals surface area contributed by atoms with Crippen LogP contribution in [0.1, 0.15) is 26.5 Å². The van der Waals surface area contributed by atoms with Crippen molar-refractivity contribution in [1.82, 2.24) is 30.2 Å². The molecular weight excluding hydrogens is 473 g/mol. The van der Waals surface area contributed by atoms with Gasteiger partial charge in [-0.2, -0.15) is 5.10 Å². The van der Waals surface area contributed by atoms with E-state index in [0.29, 0.717) is 19.6 Å². The number of amides is 1. The molecule has 1 fully saturated rings. The molecule has 28 heavy (non-hydrogen) atoms. The molecule has 1 aliphatic heterocycles. The van der Waals surface area contributed by atoms with Crippen molar-refractivity contribution >= 4 is 36.0 Å². The molecule has 160 valence electrons. The molecule has 0 atom stereocenters. The van der Waals surface area contributed by atoms with Crippen molar-refractivity contribution in [2.45, 2.75) is 32.9 Å². The molecule has 9 nitrogen and oxygen atoms in total. The van der Waals surface area contributed by atoms with Gasteiger partial charge in [-0.25, -0.2) is 4.79 Å². The number of halogens is 1. The Hall–Kier alpha value is -1.56. The van der Waals surface area contributed by atoms with E-state index in [9.17, 15) is 4.79 Å². The first-order valence-electron chi connectivity index (χ1n) is 9.40. The van der Waals surface area contributed by atoms with E-state index in [1.807, 2.05) is 38.6 Å². The van der Waals surface area contributed by atoms with Crippen LogP contribution in [0.3, 0.4) is 0 Å². The predicted molar refractivity (Wildman–Crippen MR) is 121 cm³/mol. The maximum absolute atomic E-state index is 12.1. The highest BCUT2D eigenvalue weighted by Gasteiger charge is 2.25. The molecule has 0 aromatic carbocycles. The van der Waals surface area contributed by atoms with Crippen LogP contribution in [-0.2, 0) is 18.3 Å². The van der Waals surface area contributed by atoms with Gasteiger partial charge in [0.2, 0.25) is 0 Å². The number of carbonyl (C=O) groups is 1. The summed E-state index contributed by atoms with van der Waals surface area (Å²) in [5.74, 6) is 0.767. The Morgan fingerprint density at radius 1 is 1.25 bits per heavy atom. The van der Waals surface area contributed by atoms with Crippen LogP contribution in [0, 0.1) is 0 Å². The molecule has 2 heterocycles. The van der Waals surface area contributed by atoms with Crippen molar-refractivity contribution in [3.63, 3.8) is 0 Å². The van der Waals surface area contributed by atoms with Crippen molar-refractivity contribution in [3.8, 4) is 0 Å². The molecule has 1 aromatic heterocycles. The summed E-state index contributed by atoms with van der Waals surface area (Å²) in [5.41, 5.74) is 0.646. The number of nitrogens with one attached hydrogen (secondary N) is 2. The van der Waals surface area contributed by atoms with Crippen LogP contribution in [0.25, 0.3) is 0 Å². The molecule has 1 amide bonds. The van der Waals surface area contributed by atoms with Crippen molar-refractivity contribution in [3.05, 3.63) is 18.0 Å². The van der Waals surface area contributed by atoms with Crippen LogP contribution in [0.2, 0.25) is 0 Å². The van der Waals surface area contributed by atoms with E-state index < -0.39 is 5.60 Å². The molecule has 0 aliphatic carbocycles. The number of nitrogens with zero attached hydrogens (tertiary/aromatic N) is 5. The Morgan fingerprint density at radius 3 is 2.46 bits per heavy atom. The number of hydrogen-bond acceptors (Lipinski definition) is 5. The summed E-state index contributed by atoms with van der Waals surface area (Å²) in [6.07, 6.45) is 1.56. The van der Waals surface area contributed by atoms with E-state index >= 15 is 0 Å². The fraction of sp³-hybridized carbons (Fsp3) is 0.722. The van der Waals surface area contributed by atoms with Gasteiger partial charge in [0, 0.05) is 59.6 Å². The molecule has 0 radical (unpaired) electrons. The summed E-state index contributed by atoms with van der Waals surface area (Å²) < 4.78 is 7.27. The predicted octanol–water partition coefficient (Wildman–Crippen LogP) is 1.26. The first-order chi connectivity index (χ1) is 12.8. The third-order valence-electron chi connectivity index (χ3n) is 4.33. The zero-order chi connectivity index (χ0) is 19.9. The van der Waals surface area contributed by atoms with Gasteiger partial charge in [-0.05, 0) is 26.8 Å². The number of carbonyl (C=O) groups excluding carboxylic acids is 1. The standard InChI is InChI=1S/C18H33N7O2.HI/c1-18(2,3)27-17(26)25-12-10-24(11-13-25)9-8-20-16(19-4)21-14-15-6-7-22-23(15)5;/h6-7H,8-14H2,1-5H3,(H2,19,20,21);1H. The van der Waals surface area contributed by atoms with Gasteiger partial charge in [-0.15, -0.1) is 24.0 Å². The largest absolute Gasteiger partial charge is 0.444 e. The van der Waals surface area contributed by atoms with E-state index in [-0.39, 0.29) is 30.1 Å². The highest BCUT2D eigenvalue weighted by atomic mass is 127. The molecule has 0 bridgehead atoms. The summed E-state index contributed by atoms with van der Waals surface area (Å²) in [4.78, 5) is 20.5. The summed E-state index contributed by atoms with van der Waals surface area (Å²) in [7, 11) is 3.68. The molecule has 10 heteroatoms. The number of hydrogen-bond donors (Lipinski definition) is 2. The number of ether oxygens (including phenoxy) is 1. The minimum absolute atomic E-state index is 0. The zero-order valence-corrected chi connectivity index (χ0v) is 19.9. The van der Waals surface area contributed by atoms with Crippen LogP contribution in [0.5, 0.6) is 0 Å². The number of piperazine rings is 1. The first-order valence-corrected chi connectivity index (χ1v) is 9.40. The zero-order valence-electron chi connectivity index (χ0n) is 17.6. The maximum atomic E-state index is 12.1. The van der Waals surface area contributed by atoms with Crippen LogP contribution in [0.4, 0.5) is 4.79 Å². The normalized spacial score (nSPS) is 15.8. The van der Waals surface area contributed by atoms with Gasteiger partial charge in [0.05, 0.1) is 12.2 Å². The van der Waals surface area contributed by atoms with Gasteiger partial charge < -0.3 is 20.3 Å². The molecular formula is C18H34IN7O2. The Morgan fingerprint density at radius 2 is 1.93 bits per heavy atom. The van der Waals surface area contributed by atoms with Crippen molar-refractivity contribution in [2.24, 2.45) is 12.0 Å². The van der Waals surface area contributed by atoms with Crippen LogP contribution < -0.4 is 10.6 Å². The van der Waals surface area contributed by atoms with Gasteiger partial charge in [-0.3, -0.25) is 14.6 Å². The lowest BCUT2D eigenvalue weighted by atomic mass is 10.2. The quantitative estimate of drug-likeness (QED) is 0.355. The molecule has 1 saturated heterocycles. The Bertz CT molecular complexity index is 634. The van der Waals surface area contributed by atoms with Gasteiger partial charge in [0.25, 0.3) is 0 Å². The molecule has 1 aliphatic rings. The van der Waals surface area contributed by atoms with Gasteiger partial charge in [-0.1, -0.05) is 0 Å². The fourth-order valence-electron chi connectivity index (χ4n) is 2.78. The Labute approximate surface area is 184 Å². The highest BCUT2D eigenvalue weighted by molar-refractivity contribution is 14.0. The molecule has 2 N–H and O–H groups in total. The first kappa shape index (κ1) is 24.5. The summed E-state index contributed by atoms with van der Waals surface area (Å²) in [5, 5.41) is 10.8. The van der Waals surface area contributed by atoms with Crippen LogP contribution >= 0.6 is 24.0 Å². The van der Waals surface area contributed by atoms with E-state index in [2.05, 4.69) is 25.6 Å². The molecule has 0 saturated carbocycles. The summed E-state index contributed by atoms with van der Waals surface area (Å²) in [6.45, 7) is 11.1. The van der Waals surface area contributed by atoms with Gasteiger partial charge in [0.15, 0.2) is 5.96 Å². The second kappa shape index (κ2) is 11.4. The van der Waals surface area contributed by atoms with Crippen molar-refractivity contribution in [2.75, 3.05) is 46.3 Å². The van der Waals surface area contributed by atoms with E-state index in [0.717, 1.165) is 37.8 Å². The second-order valence-electron chi connectivity index (χ2n) is 7.61. The fourth-order valence-corrected chi connectivity index (χ4v) is 2.78. The number of aromatic nitrogens is 2. The SMILES string of the molecule is CN=C(NCCN1CCN(C(=O)OC(C)(C)C)CC1)NCc1ccnn1C.I. The Kier molecular flexibility index (Phi) is 10.0. The number of guanidine groups is 1. The average molecular weight is 507 g/mol. The summed E-state index contributed by atoms with van der Waals surface area (Å²) >= 11 is 0. The minimum atomic E-state index is -0.448. The highest BCUT2D eigenvalue weighted by Crippen LogP contribution is 2.11. The summed E-state index contributed by atoms with van der Waals surface area (Å²) in [6, 6.07) is 1.98. The molecule has 2 rings (SSSR count). The van der Waals surface area contributed by atoms with Gasteiger partial charge >= 0.3 is 6.09 Å². The van der Waals surface area contributed by atoms with E-state index in [4.69, 9.17) is 4.74 Å². The second-order valence-corrected chi connectivity index (χ2v) is 7.61. The lowest BCUT2D eigenvalue weighted by molar-refractivity contribution is 0.0147. The molecule has 0 unspecified atom stereocenters. The maximum Gasteiger partial charge on any atom is 0.410 e. The van der Waals surface area contributed by atoms with Crippen LogP contribution in [-0.4, -0.2) is 83.6 Å². The number of aryl methyl sites for hydroxylation is 1. The smallest absolute Gasteiger partial charge is 0.410 e. The number of aliphatic imine (C=N–C) groups is 1. The average Bonchev–Trinajstić information content (AvgIpc) is 3.02. The Balaban J connectivity index is 0.00000392. The van der Waals surface area contributed by atoms with Crippen molar-refractivity contribution < 1.29 is 9.53 Å². The van der Waals surface area contributed by atoms with E-state index in [1.165, 1.54) is 0 Å². The van der Waals surface area contributed by atoms with Crippen molar-refractivity contribution in [1.29, 1.82) is 0 Å². The van der Waals surface area contributed by atoms with Crippen LogP contribution in [0.15, 0.2) is 17.3 Å². The minimum Gasteiger partial charge on any atom is -0.444 e. The number of rotatable bonds is 5. The van der Waals surface area contributed by atoms with Gasteiger partial charge in [0.1, 0.15) is 5.60 Å². The topological polar surface area (TPSA) is 87.0 Å². The van der Waals surface area contributed by atoms with E-state index in [1.54, 1.807) is 18.1 Å². The molecule has 1 aromatic rings. The molecule has 0 spiro atoms. The lowest BCUT2D eigenvalue weighted by Gasteiger charge is -2.35. The lowest BCUT2D eigenvalue weighted by Crippen LogP contribution is -2.51.